The molecule has 5 nitrogen and oxygen atoms in total. The van der Waals surface area contributed by atoms with Crippen molar-refractivity contribution in [3.05, 3.63) is 30.1 Å². The zero-order chi connectivity index (χ0) is 18.6. The van der Waals surface area contributed by atoms with Crippen LogP contribution in [0.2, 0.25) is 0 Å². The predicted molar refractivity (Wildman–Crippen MR) is 104 cm³/mol. The van der Waals surface area contributed by atoms with Crippen LogP contribution in [-0.2, 0) is 16.1 Å². The standard InChI is InChI=1S/C22H31N3O2/c26-21(18-7-1-2-8-18)24-13-5-11-20(16-24)25(22(27)19-9-3-10-19)15-17-6-4-12-23-14-17/h4,6,12,14,18-20H,1-3,5,7-11,13,15-16H2. The molecule has 3 fully saturated rings. The van der Waals surface area contributed by atoms with Crippen molar-refractivity contribution >= 4 is 11.8 Å². The Morgan fingerprint density at radius 1 is 1.04 bits per heavy atom. The second-order valence-corrected chi connectivity index (χ2v) is 8.52. The Labute approximate surface area is 162 Å². The van der Waals surface area contributed by atoms with Gasteiger partial charge in [0.15, 0.2) is 0 Å². The molecule has 4 rings (SSSR count). The van der Waals surface area contributed by atoms with Crippen LogP contribution in [0.4, 0.5) is 0 Å². The monoisotopic (exact) mass is 369 g/mol. The number of likely N-dealkylation sites (tertiary alicyclic amines) is 1. The predicted octanol–water partition coefficient (Wildman–Crippen LogP) is 3.39. The van der Waals surface area contributed by atoms with Crippen LogP contribution in [0.25, 0.3) is 0 Å². The molecule has 0 radical (unpaired) electrons. The highest BCUT2D eigenvalue weighted by Crippen LogP contribution is 2.32. The summed E-state index contributed by atoms with van der Waals surface area (Å²) in [4.78, 5) is 34.4. The van der Waals surface area contributed by atoms with Crippen molar-refractivity contribution in [2.45, 2.75) is 70.4 Å². The average molecular weight is 370 g/mol. The summed E-state index contributed by atoms with van der Waals surface area (Å²) in [5, 5.41) is 0. The van der Waals surface area contributed by atoms with E-state index in [1.54, 1.807) is 6.20 Å². The van der Waals surface area contributed by atoms with Gasteiger partial charge in [0.25, 0.3) is 0 Å². The lowest BCUT2D eigenvalue weighted by molar-refractivity contribution is -0.146. The van der Waals surface area contributed by atoms with Crippen LogP contribution in [0.15, 0.2) is 24.5 Å². The van der Waals surface area contributed by atoms with Gasteiger partial charge >= 0.3 is 0 Å². The Balaban J connectivity index is 1.47. The molecule has 0 N–H and O–H groups in total. The minimum absolute atomic E-state index is 0.136. The van der Waals surface area contributed by atoms with Gasteiger partial charge in [-0.25, -0.2) is 0 Å². The molecular weight excluding hydrogens is 338 g/mol. The molecular formula is C22H31N3O2. The maximum absolute atomic E-state index is 13.2. The average Bonchev–Trinajstić information content (AvgIpc) is 3.20. The molecule has 1 aromatic rings. The summed E-state index contributed by atoms with van der Waals surface area (Å²) >= 11 is 0. The van der Waals surface area contributed by atoms with Gasteiger partial charge in [0.1, 0.15) is 0 Å². The number of pyridine rings is 1. The Hall–Kier alpha value is -1.91. The van der Waals surface area contributed by atoms with Crippen molar-refractivity contribution < 1.29 is 9.59 Å². The van der Waals surface area contributed by atoms with Crippen molar-refractivity contribution in [1.29, 1.82) is 0 Å². The first-order valence-corrected chi connectivity index (χ1v) is 10.7. The number of rotatable bonds is 5. The third-order valence-corrected chi connectivity index (χ3v) is 6.67. The largest absolute Gasteiger partial charge is 0.340 e. The summed E-state index contributed by atoms with van der Waals surface area (Å²) in [6, 6.07) is 4.11. The lowest BCUT2D eigenvalue weighted by atomic mass is 9.83. The fourth-order valence-corrected chi connectivity index (χ4v) is 4.81. The van der Waals surface area contributed by atoms with E-state index in [9.17, 15) is 9.59 Å². The first-order valence-electron chi connectivity index (χ1n) is 10.7. The van der Waals surface area contributed by atoms with Crippen molar-refractivity contribution in [2.75, 3.05) is 13.1 Å². The van der Waals surface area contributed by atoms with Gasteiger partial charge in [0, 0.05) is 49.9 Å². The molecule has 1 aromatic heterocycles. The van der Waals surface area contributed by atoms with Crippen molar-refractivity contribution in [1.82, 2.24) is 14.8 Å². The van der Waals surface area contributed by atoms with Gasteiger partial charge in [-0.2, -0.15) is 0 Å². The Morgan fingerprint density at radius 3 is 2.48 bits per heavy atom. The maximum atomic E-state index is 13.2. The number of carbonyl (C=O) groups is 2. The maximum Gasteiger partial charge on any atom is 0.226 e. The van der Waals surface area contributed by atoms with Crippen LogP contribution >= 0.6 is 0 Å². The van der Waals surface area contributed by atoms with Crippen molar-refractivity contribution in [2.24, 2.45) is 11.8 Å². The van der Waals surface area contributed by atoms with E-state index in [4.69, 9.17) is 0 Å². The fraction of sp³-hybridized carbons (Fsp3) is 0.682. The lowest BCUT2D eigenvalue weighted by Gasteiger charge is -2.42. The van der Waals surface area contributed by atoms with E-state index >= 15 is 0 Å². The van der Waals surface area contributed by atoms with Gasteiger partial charge in [-0.05, 0) is 50.2 Å². The molecule has 1 unspecified atom stereocenters. The van der Waals surface area contributed by atoms with Gasteiger partial charge in [-0.15, -0.1) is 0 Å². The zero-order valence-corrected chi connectivity index (χ0v) is 16.2. The van der Waals surface area contributed by atoms with Crippen LogP contribution < -0.4 is 0 Å². The summed E-state index contributed by atoms with van der Waals surface area (Å²) in [7, 11) is 0. The third kappa shape index (κ3) is 4.17. The normalized spacial score (nSPS) is 23.9. The molecule has 5 heteroatoms. The molecule has 1 aliphatic heterocycles. The number of nitrogens with zero attached hydrogens (tertiary/aromatic N) is 3. The van der Waals surface area contributed by atoms with E-state index in [1.165, 1.54) is 12.8 Å². The minimum atomic E-state index is 0.136. The number of hydrogen-bond donors (Lipinski definition) is 0. The Kier molecular flexibility index (Phi) is 5.74. The molecule has 1 atom stereocenters. The van der Waals surface area contributed by atoms with E-state index in [2.05, 4.69) is 14.8 Å². The molecule has 0 spiro atoms. The SMILES string of the molecule is O=C(C1CCCC1)N1CCCC(N(Cc2cccnc2)C(=O)C2CCC2)C1. The number of amides is 2. The highest BCUT2D eigenvalue weighted by atomic mass is 16.2. The fourth-order valence-electron chi connectivity index (χ4n) is 4.81. The number of hydrogen-bond acceptors (Lipinski definition) is 3. The smallest absolute Gasteiger partial charge is 0.226 e. The molecule has 1 saturated heterocycles. The van der Waals surface area contributed by atoms with E-state index in [-0.39, 0.29) is 23.8 Å². The van der Waals surface area contributed by atoms with Gasteiger partial charge in [-0.1, -0.05) is 25.3 Å². The lowest BCUT2D eigenvalue weighted by Crippen LogP contribution is -2.54. The van der Waals surface area contributed by atoms with Gasteiger partial charge in [0.2, 0.25) is 11.8 Å². The molecule has 2 aliphatic carbocycles. The van der Waals surface area contributed by atoms with Crippen LogP contribution in [0, 0.1) is 11.8 Å². The second-order valence-electron chi connectivity index (χ2n) is 8.52. The summed E-state index contributed by atoms with van der Waals surface area (Å²) in [5.74, 6) is 1.01. The number of carbonyl (C=O) groups excluding carboxylic acids is 2. The van der Waals surface area contributed by atoms with Crippen LogP contribution in [0.3, 0.4) is 0 Å². The van der Waals surface area contributed by atoms with Crippen molar-refractivity contribution in [3.8, 4) is 0 Å². The molecule has 2 heterocycles. The quantitative estimate of drug-likeness (QED) is 0.799. The van der Waals surface area contributed by atoms with Crippen LogP contribution in [0.5, 0.6) is 0 Å². The molecule has 146 valence electrons. The highest BCUT2D eigenvalue weighted by molar-refractivity contribution is 5.81. The van der Waals surface area contributed by atoms with Gasteiger partial charge in [-0.3, -0.25) is 14.6 Å². The van der Waals surface area contributed by atoms with E-state index in [0.717, 1.165) is 57.1 Å². The first-order chi connectivity index (χ1) is 13.2. The molecule has 0 aromatic carbocycles. The first kappa shape index (κ1) is 18.5. The topological polar surface area (TPSA) is 53.5 Å². The van der Waals surface area contributed by atoms with E-state index in [0.29, 0.717) is 19.0 Å². The highest BCUT2D eigenvalue weighted by Gasteiger charge is 2.37. The molecule has 27 heavy (non-hydrogen) atoms. The van der Waals surface area contributed by atoms with Crippen LogP contribution in [-0.4, -0.2) is 45.7 Å². The number of piperidine rings is 1. The van der Waals surface area contributed by atoms with Gasteiger partial charge in [0.05, 0.1) is 0 Å². The molecule has 0 bridgehead atoms. The minimum Gasteiger partial charge on any atom is -0.340 e. The second kappa shape index (κ2) is 8.41. The van der Waals surface area contributed by atoms with Crippen LogP contribution in [0.1, 0.15) is 63.4 Å². The van der Waals surface area contributed by atoms with Gasteiger partial charge < -0.3 is 9.80 Å². The summed E-state index contributed by atoms with van der Waals surface area (Å²) in [5.41, 5.74) is 1.07. The summed E-state index contributed by atoms with van der Waals surface area (Å²) in [6.07, 6.45) is 13.2. The Bertz CT molecular complexity index is 653. The summed E-state index contributed by atoms with van der Waals surface area (Å²) in [6.45, 7) is 2.16. The van der Waals surface area contributed by atoms with E-state index < -0.39 is 0 Å². The molecule has 2 saturated carbocycles. The molecule has 2 amide bonds. The zero-order valence-electron chi connectivity index (χ0n) is 16.2. The Morgan fingerprint density at radius 2 is 1.81 bits per heavy atom. The molecule has 3 aliphatic rings. The van der Waals surface area contributed by atoms with Crippen molar-refractivity contribution in [3.63, 3.8) is 0 Å². The third-order valence-electron chi connectivity index (χ3n) is 6.67. The summed E-state index contributed by atoms with van der Waals surface area (Å²) < 4.78 is 0. The number of aromatic nitrogens is 1. The van der Waals surface area contributed by atoms with E-state index in [1.807, 2.05) is 18.3 Å².